The molecule has 0 saturated heterocycles. The summed E-state index contributed by atoms with van der Waals surface area (Å²) in [6.07, 6.45) is 1.58. The van der Waals surface area contributed by atoms with E-state index in [9.17, 15) is 0 Å². The Morgan fingerprint density at radius 2 is 2.29 bits per heavy atom. The number of nitrogens with one attached hydrogen (secondary N) is 1. The van der Waals surface area contributed by atoms with Crippen LogP contribution in [0.2, 0.25) is 0 Å². The van der Waals surface area contributed by atoms with Gasteiger partial charge in [-0.25, -0.2) is 4.98 Å². The van der Waals surface area contributed by atoms with E-state index in [0.29, 0.717) is 0 Å². The lowest BCUT2D eigenvalue weighted by Crippen LogP contribution is -2.32. The van der Waals surface area contributed by atoms with Crippen molar-refractivity contribution in [3.63, 3.8) is 0 Å². The molecule has 0 radical (unpaired) electrons. The van der Waals surface area contributed by atoms with Crippen molar-refractivity contribution in [2.24, 2.45) is 7.05 Å². The Hall–Kier alpha value is -1.20. The highest BCUT2D eigenvalue weighted by Crippen LogP contribution is 2.26. The third-order valence-electron chi connectivity index (χ3n) is 2.84. The van der Waals surface area contributed by atoms with Gasteiger partial charge in [-0.3, -0.25) is 4.68 Å². The second kappa shape index (κ2) is 4.98. The summed E-state index contributed by atoms with van der Waals surface area (Å²) in [5.74, 6) is 0.965. The van der Waals surface area contributed by atoms with Gasteiger partial charge in [0.15, 0.2) is 0 Å². The third-order valence-corrected chi connectivity index (χ3v) is 4.08. The summed E-state index contributed by atoms with van der Waals surface area (Å²) < 4.78 is 1.80. The molecule has 0 atom stereocenters. The van der Waals surface area contributed by atoms with E-state index in [1.165, 1.54) is 4.88 Å². The second-order valence-electron chi connectivity index (χ2n) is 4.76. The molecule has 17 heavy (non-hydrogen) atoms. The Bertz CT molecular complexity index is 459. The number of aryl methyl sites for hydroxylation is 1. The first-order valence-corrected chi connectivity index (χ1v) is 6.55. The first-order chi connectivity index (χ1) is 8.09. The van der Waals surface area contributed by atoms with E-state index in [0.717, 1.165) is 18.9 Å². The van der Waals surface area contributed by atoms with Crippen LogP contribution in [0.5, 0.6) is 0 Å². The van der Waals surface area contributed by atoms with Crippen molar-refractivity contribution in [3.05, 3.63) is 34.5 Å². The van der Waals surface area contributed by atoms with Gasteiger partial charge < -0.3 is 5.32 Å². The first-order valence-electron chi connectivity index (χ1n) is 5.67. The summed E-state index contributed by atoms with van der Waals surface area (Å²) in [7, 11) is 1.91. The van der Waals surface area contributed by atoms with Crippen LogP contribution in [0.1, 0.15) is 24.5 Å². The Labute approximate surface area is 106 Å². The molecule has 0 saturated carbocycles. The van der Waals surface area contributed by atoms with Crippen molar-refractivity contribution in [3.8, 4) is 0 Å². The third kappa shape index (κ3) is 2.92. The summed E-state index contributed by atoms with van der Waals surface area (Å²) >= 11 is 1.81. The number of rotatable bonds is 5. The zero-order valence-electron chi connectivity index (χ0n) is 10.5. The fraction of sp³-hybridized carbons (Fsp3) is 0.500. The summed E-state index contributed by atoms with van der Waals surface area (Å²) in [5, 5.41) is 9.61. The molecule has 2 aromatic heterocycles. The average Bonchev–Trinajstić information content (AvgIpc) is 2.90. The molecule has 0 aliphatic rings. The van der Waals surface area contributed by atoms with Crippen LogP contribution in [0, 0.1) is 0 Å². The van der Waals surface area contributed by atoms with Crippen LogP contribution in [0.25, 0.3) is 0 Å². The molecule has 0 bridgehead atoms. The maximum Gasteiger partial charge on any atom is 0.140 e. The molecular weight excluding hydrogens is 232 g/mol. The molecule has 4 nitrogen and oxygen atoms in total. The highest BCUT2D eigenvalue weighted by Gasteiger charge is 2.21. The minimum atomic E-state index is 0.159. The molecule has 2 heterocycles. The Morgan fingerprint density at radius 3 is 2.88 bits per heavy atom. The van der Waals surface area contributed by atoms with Crippen LogP contribution in [0.4, 0.5) is 0 Å². The summed E-state index contributed by atoms with van der Waals surface area (Å²) in [4.78, 5) is 5.60. The molecule has 0 spiro atoms. The predicted octanol–water partition coefficient (Wildman–Crippen LogP) is 1.94. The van der Waals surface area contributed by atoms with Gasteiger partial charge in [-0.05, 0) is 11.4 Å². The smallest absolute Gasteiger partial charge is 0.140 e. The summed E-state index contributed by atoms with van der Waals surface area (Å²) in [6, 6.07) is 4.29. The molecule has 0 aromatic carbocycles. The average molecular weight is 250 g/mol. The number of hydrogen-bond donors (Lipinski definition) is 1. The Morgan fingerprint density at radius 1 is 1.47 bits per heavy atom. The van der Waals surface area contributed by atoms with Crippen molar-refractivity contribution < 1.29 is 0 Å². The highest BCUT2D eigenvalue weighted by molar-refractivity contribution is 7.10. The van der Waals surface area contributed by atoms with Gasteiger partial charge in [0.2, 0.25) is 0 Å². The van der Waals surface area contributed by atoms with Crippen LogP contribution in [-0.2, 0) is 19.0 Å². The maximum atomic E-state index is 4.19. The number of hydrogen-bond acceptors (Lipinski definition) is 4. The fourth-order valence-corrected chi connectivity index (χ4v) is 2.57. The van der Waals surface area contributed by atoms with E-state index in [1.54, 1.807) is 11.0 Å². The molecule has 1 N–H and O–H groups in total. The lowest BCUT2D eigenvalue weighted by molar-refractivity contribution is 0.467. The molecule has 0 aliphatic carbocycles. The summed E-state index contributed by atoms with van der Waals surface area (Å²) in [5.41, 5.74) is 0.159. The first kappa shape index (κ1) is 12.3. The van der Waals surface area contributed by atoms with E-state index in [2.05, 4.69) is 46.8 Å². The standard InChI is InChI=1S/C12H18N4S/c1-12(2,10-5-4-6-17-10)8-13-7-11-14-9-15-16(11)3/h4-6,9,13H,7-8H2,1-3H3. The van der Waals surface area contributed by atoms with Crippen molar-refractivity contribution in [2.45, 2.75) is 25.8 Å². The minimum absolute atomic E-state index is 0.159. The number of aromatic nitrogens is 3. The van der Waals surface area contributed by atoms with Gasteiger partial charge in [0, 0.05) is 23.9 Å². The van der Waals surface area contributed by atoms with Gasteiger partial charge in [0.1, 0.15) is 12.2 Å². The minimum Gasteiger partial charge on any atom is -0.309 e. The molecule has 92 valence electrons. The number of thiophene rings is 1. The SMILES string of the molecule is Cn1ncnc1CNCC(C)(C)c1cccs1. The molecule has 0 unspecified atom stereocenters. The summed E-state index contributed by atoms with van der Waals surface area (Å²) in [6.45, 7) is 6.19. The second-order valence-corrected chi connectivity index (χ2v) is 5.71. The lowest BCUT2D eigenvalue weighted by Gasteiger charge is -2.23. The van der Waals surface area contributed by atoms with Gasteiger partial charge in [-0.2, -0.15) is 5.10 Å². The Kier molecular flexibility index (Phi) is 3.59. The van der Waals surface area contributed by atoms with Crippen LogP contribution in [0.3, 0.4) is 0 Å². The van der Waals surface area contributed by atoms with Gasteiger partial charge in [-0.1, -0.05) is 19.9 Å². The predicted molar refractivity (Wildman–Crippen MR) is 70.1 cm³/mol. The van der Waals surface area contributed by atoms with Crippen molar-refractivity contribution >= 4 is 11.3 Å². The lowest BCUT2D eigenvalue weighted by atomic mass is 9.91. The van der Waals surface area contributed by atoms with Crippen LogP contribution < -0.4 is 5.32 Å². The maximum absolute atomic E-state index is 4.19. The molecule has 5 heteroatoms. The highest BCUT2D eigenvalue weighted by atomic mass is 32.1. The van der Waals surface area contributed by atoms with Crippen LogP contribution in [0.15, 0.2) is 23.8 Å². The topological polar surface area (TPSA) is 42.7 Å². The van der Waals surface area contributed by atoms with Crippen molar-refractivity contribution in [1.29, 1.82) is 0 Å². The van der Waals surface area contributed by atoms with E-state index in [1.807, 2.05) is 18.4 Å². The van der Waals surface area contributed by atoms with Crippen LogP contribution >= 0.6 is 11.3 Å². The van der Waals surface area contributed by atoms with Gasteiger partial charge in [0.25, 0.3) is 0 Å². The number of nitrogens with zero attached hydrogens (tertiary/aromatic N) is 3. The molecule has 0 amide bonds. The fourth-order valence-electron chi connectivity index (χ4n) is 1.72. The normalized spacial score (nSPS) is 11.9. The van der Waals surface area contributed by atoms with Gasteiger partial charge >= 0.3 is 0 Å². The molecule has 0 fully saturated rings. The quantitative estimate of drug-likeness (QED) is 0.882. The van der Waals surface area contributed by atoms with Gasteiger partial charge in [0.05, 0.1) is 6.54 Å². The zero-order valence-corrected chi connectivity index (χ0v) is 11.3. The molecule has 0 aliphatic heterocycles. The van der Waals surface area contributed by atoms with Crippen LogP contribution in [-0.4, -0.2) is 21.3 Å². The Balaban J connectivity index is 1.88. The zero-order chi connectivity index (χ0) is 12.3. The van der Waals surface area contributed by atoms with E-state index in [4.69, 9.17) is 0 Å². The van der Waals surface area contributed by atoms with Crippen molar-refractivity contribution in [1.82, 2.24) is 20.1 Å². The molecule has 2 rings (SSSR count). The van der Waals surface area contributed by atoms with E-state index < -0.39 is 0 Å². The van der Waals surface area contributed by atoms with E-state index in [-0.39, 0.29) is 5.41 Å². The molecule has 2 aromatic rings. The van der Waals surface area contributed by atoms with Gasteiger partial charge in [-0.15, -0.1) is 11.3 Å². The van der Waals surface area contributed by atoms with Crippen molar-refractivity contribution in [2.75, 3.05) is 6.54 Å². The van der Waals surface area contributed by atoms with E-state index >= 15 is 0 Å². The monoisotopic (exact) mass is 250 g/mol. The largest absolute Gasteiger partial charge is 0.309 e. The molecular formula is C12H18N4S.